The summed E-state index contributed by atoms with van der Waals surface area (Å²) >= 11 is 0. The first-order chi connectivity index (χ1) is 8.79. The van der Waals surface area contributed by atoms with Crippen LogP contribution in [-0.4, -0.2) is 16.3 Å². The fraction of sp³-hybridized carbons (Fsp3) is 0.231. The van der Waals surface area contributed by atoms with Crippen molar-refractivity contribution in [1.82, 2.24) is 9.55 Å². The average Bonchev–Trinajstić information content (AvgIpc) is 2.86. The summed E-state index contributed by atoms with van der Waals surface area (Å²) in [7, 11) is 0. The van der Waals surface area contributed by atoms with E-state index >= 15 is 0 Å². The minimum Gasteiger partial charge on any atom is -0.454 e. The first-order valence-corrected chi connectivity index (χ1v) is 5.75. The van der Waals surface area contributed by atoms with E-state index in [1.165, 1.54) is 0 Å². The summed E-state index contributed by atoms with van der Waals surface area (Å²) in [6.07, 6.45) is 3.31. The number of fused-ring (bicyclic) bond motifs is 1. The average molecular weight is 244 g/mol. The lowest BCUT2D eigenvalue weighted by Gasteiger charge is -2.05. The second-order valence-electron chi connectivity index (χ2n) is 3.94. The molecule has 1 aliphatic rings. The molecule has 1 aromatic heterocycles. The van der Waals surface area contributed by atoms with E-state index in [1.807, 2.05) is 13.0 Å². The number of rotatable bonds is 2. The van der Waals surface area contributed by atoms with E-state index in [1.54, 1.807) is 29.1 Å². The van der Waals surface area contributed by atoms with Crippen molar-refractivity contribution in [3.8, 4) is 22.8 Å². The van der Waals surface area contributed by atoms with Crippen LogP contribution in [0.4, 0.5) is 0 Å². The molecule has 0 atom stereocenters. The molecule has 0 amide bonds. The maximum absolute atomic E-state index is 12.1. The van der Waals surface area contributed by atoms with Crippen LogP contribution in [0.25, 0.3) is 11.3 Å². The summed E-state index contributed by atoms with van der Waals surface area (Å²) in [5.41, 5.74) is 1.07. The van der Waals surface area contributed by atoms with Crippen LogP contribution < -0.4 is 15.0 Å². The molecule has 5 heteroatoms. The molecule has 1 aliphatic heterocycles. The molecule has 1 aromatic carbocycles. The van der Waals surface area contributed by atoms with Crippen molar-refractivity contribution < 1.29 is 9.47 Å². The molecule has 3 rings (SSSR count). The fourth-order valence-corrected chi connectivity index (χ4v) is 1.94. The Hall–Kier alpha value is -2.30. The Morgan fingerprint density at radius 2 is 2.17 bits per heavy atom. The minimum absolute atomic E-state index is 0.0983. The van der Waals surface area contributed by atoms with Crippen LogP contribution in [0, 0.1) is 0 Å². The predicted molar refractivity (Wildman–Crippen MR) is 65.7 cm³/mol. The van der Waals surface area contributed by atoms with Crippen molar-refractivity contribution in [2.75, 3.05) is 6.79 Å². The SMILES string of the molecule is CCn1ccnc(-c2ccc3c(c2)OCO3)c1=O. The van der Waals surface area contributed by atoms with Crippen LogP contribution in [0.2, 0.25) is 0 Å². The molecule has 0 saturated carbocycles. The van der Waals surface area contributed by atoms with Gasteiger partial charge in [-0.2, -0.15) is 0 Å². The van der Waals surface area contributed by atoms with Gasteiger partial charge in [-0.15, -0.1) is 0 Å². The maximum Gasteiger partial charge on any atom is 0.277 e. The Labute approximate surface area is 104 Å². The van der Waals surface area contributed by atoms with E-state index in [9.17, 15) is 4.79 Å². The maximum atomic E-state index is 12.1. The topological polar surface area (TPSA) is 53.4 Å². The Kier molecular flexibility index (Phi) is 2.51. The van der Waals surface area contributed by atoms with Gasteiger partial charge in [-0.1, -0.05) is 0 Å². The number of aryl methyl sites for hydroxylation is 1. The Morgan fingerprint density at radius 1 is 1.33 bits per heavy atom. The molecule has 0 fully saturated rings. The van der Waals surface area contributed by atoms with Crippen molar-refractivity contribution in [3.05, 3.63) is 40.9 Å². The quantitative estimate of drug-likeness (QED) is 0.806. The molecular weight excluding hydrogens is 232 g/mol. The highest BCUT2D eigenvalue weighted by Crippen LogP contribution is 2.34. The number of hydrogen-bond donors (Lipinski definition) is 0. The minimum atomic E-state index is -0.0983. The molecule has 2 aromatic rings. The van der Waals surface area contributed by atoms with Crippen LogP contribution >= 0.6 is 0 Å². The smallest absolute Gasteiger partial charge is 0.277 e. The van der Waals surface area contributed by atoms with E-state index in [-0.39, 0.29) is 12.4 Å². The van der Waals surface area contributed by atoms with Gasteiger partial charge in [0.1, 0.15) is 5.69 Å². The zero-order chi connectivity index (χ0) is 12.5. The van der Waals surface area contributed by atoms with Crippen molar-refractivity contribution in [3.63, 3.8) is 0 Å². The molecule has 0 spiro atoms. The second-order valence-corrected chi connectivity index (χ2v) is 3.94. The van der Waals surface area contributed by atoms with Crippen LogP contribution in [0.3, 0.4) is 0 Å². The summed E-state index contributed by atoms with van der Waals surface area (Å²) in [4.78, 5) is 16.3. The molecule has 18 heavy (non-hydrogen) atoms. The first-order valence-electron chi connectivity index (χ1n) is 5.75. The van der Waals surface area contributed by atoms with Gasteiger partial charge in [0.05, 0.1) is 0 Å². The number of nitrogens with zero attached hydrogens (tertiary/aromatic N) is 2. The van der Waals surface area contributed by atoms with Gasteiger partial charge in [0.25, 0.3) is 5.56 Å². The van der Waals surface area contributed by atoms with Crippen LogP contribution in [0.5, 0.6) is 11.5 Å². The van der Waals surface area contributed by atoms with E-state index < -0.39 is 0 Å². The highest BCUT2D eigenvalue weighted by molar-refractivity contribution is 5.63. The van der Waals surface area contributed by atoms with E-state index in [0.717, 1.165) is 5.56 Å². The van der Waals surface area contributed by atoms with E-state index in [2.05, 4.69) is 4.98 Å². The van der Waals surface area contributed by atoms with Gasteiger partial charge in [-0.05, 0) is 25.1 Å². The van der Waals surface area contributed by atoms with Gasteiger partial charge in [0, 0.05) is 24.5 Å². The Morgan fingerprint density at radius 3 is 3.00 bits per heavy atom. The van der Waals surface area contributed by atoms with Crippen molar-refractivity contribution >= 4 is 0 Å². The summed E-state index contributed by atoms with van der Waals surface area (Å²) in [6.45, 7) is 2.77. The number of ether oxygens (including phenoxy) is 2. The molecule has 0 N–H and O–H groups in total. The van der Waals surface area contributed by atoms with Gasteiger partial charge in [0.15, 0.2) is 11.5 Å². The molecule has 0 radical (unpaired) electrons. The molecule has 92 valence electrons. The number of benzene rings is 1. The summed E-state index contributed by atoms with van der Waals surface area (Å²) in [5.74, 6) is 1.35. The highest BCUT2D eigenvalue weighted by atomic mass is 16.7. The third-order valence-electron chi connectivity index (χ3n) is 2.90. The standard InChI is InChI=1S/C13H12N2O3/c1-2-15-6-5-14-12(13(15)16)9-3-4-10-11(7-9)18-8-17-10/h3-7H,2,8H2,1H3. The van der Waals surface area contributed by atoms with Crippen molar-refractivity contribution in [2.45, 2.75) is 13.5 Å². The van der Waals surface area contributed by atoms with Crippen molar-refractivity contribution in [2.24, 2.45) is 0 Å². The number of hydrogen-bond acceptors (Lipinski definition) is 4. The van der Waals surface area contributed by atoms with Crippen molar-refractivity contribution in [1.29, 1.82) is 0 Å². The monoisotopic (exact) mass is 244 g/mol. The summed E-state index contributed by atoms with van der Waals surface area (Å²) < 4.78 is 12.2. The highest BCUT2D eigenvalue weighted by Gasteiger charge is 2.15. The van der Waals surface area contributed by atoms with Gasteiger partial charge < -0.3 is 14.0 Å². The van der Waals surface area contributed by atoms with E-state index in [4.69, 9.17) is 9.47 Å². The Balaban J connectivity index is 2.13. The third kappa shape index (κ3) is 1.64. The summed E-state index contributed by atoms with van der Waals surface area (Å²) in [5, 5.41) is 0. The van der Waals surface area contributed by atoms with Gasteiger partial charge in [0.2, 0.25) is 6.79 Å². The second kappa shape index (κ2) is 4.18. The zero-order valence-corrected chi connectivity index (χ0v) is 9.92. The molecule has 5 nitrogen and oxygen atoms in total. The molecule has 2 heterocycles. The molecule has 0 unspecified atom stereocenters. The predicted octanol–water partition coefficient (Wildman–Crippen LogP) is 1.66. The molecular formula is C13H12N2O3. The zero-order valence-electron chi connectivity index (χ0n) is 9.92. The Bertz CT molecular complexity index is 649. The van der Waals surface area contributed by atoms with Gasteiger partial charge in [-0.3, -0.25) is 4.79 Å². The molecule has 0 bridgehead atoms. The van der Waals surface area contributed by atoms with Crippen LogP contribution in [0.15, 0.2) is 35.4 Å². The van der Waals surface area contributed by atoms with E-state index in [0.29, 0.717) is 23.7 Å². The normalized spacial score (nSPS) is 12.7. The fourth-order valence-electron chi connectivity index (χ4n) is 1.94. The third-order valence-corrected chi connectivity index (χ3v) is 2.90. The lowest BCUT2D eigenvalue weighted by atomic mass is 10.1. The van der Waals surface area contributed by atoms with Gasteiger partial charge in [-0.25, -0.2) is 4.98 Å². The molecule has 0 saturated heterocycles. The lowest BCUT2D eigenvalue weighted by Crippen LogP contribution is -2.21. The first kappa shape index (κ1) is 10.8. The molecule has 0 aliphatic carbocycles. The largest absolute Gasteiger partial charge is 0.454 e. The van der Waals surface area contributed by atoms with Gasteiger partial charge >= 0.3 is 0 Å². The summed E-state index contributed by atoms with van der Waals surface area (Å²) in [6, 6.07) is 5.39. The van der Waals surface area contributed by atoms with Crippen LogP contribution in [-0.2, 0) is 6.54 Å². The lowest BCUT2D eigenvalue weighted by molar-refractivity contribution is 0.174. The number of aromatic nitrogens is 2. The van der Waals surface area contributed by atoms with Crippen LogP contribution in [0.1, 0.15) is 6.92 Å².